The zero-order valence-electron chi connectivity index (χ0n) is 10.2. The third-order valence-corrected chi connectivity index (χ3v) is 4.53. The molecule has 1 aliphatic carbocycles. The minimum Gasteiger partial charge on any atom is -0.369 e. The summed E-state index contributed by atoms with van der Waals surface area (Å²) in [5, 5.41) is 3.42. The summed E-state index contributed by atoms with van der Waals surface area (Å²) in [6.07, 6.45) is 6.48. The minimum atomic E-state index is 0.457. The maximum atomic E-state index is 4.26. The second-order valence-electron chi connectivity index (χ2n) is 4.72. The Morgan fingerprint density at radius 3 is 2.75 bits per heavy atom. The van der Waals surface area contributed by atoms with Gasteiger partial charge in [0.15, 0.2) is 0 Å². The van der Waals surface area contributed by atoms with Crippen molar-refractivity contribution in [3.63, 3.8) is 0 Å². The van der Waals surface area contributed by atoms with Crippen LogP contribution in [-0.2, 0) is 0 Å². The van der Waals surface area contributed by atoms with Crippen molar-refractivity contribution in [2.45, 2.75) is 37.4 Å². The quantitative estimate of drug-likeness (QED) is 0.854. The lowest BCUT2D eigenvalue weighted by Gasteiger charge is -2.14. The maximum Gasteiger partial charge on any atom is 0.129 e. The monoisotopic (exact) mass is 237 g/mol. The number of anilines is 1. The topological polar surface area (TPSA) is 37.8 Å². The highest BCUT2D eigenvalue weighted by Crippen LogP contribution is 2.46. The molecule has 1 heterocycles. The Morgan fingerprint density at radius 2 is 2.19 bits per heavy atom. The summed E-state index contributed by atoms with van der Waals surface area (Å²) in [7, 11) is 0. The van der Waals surface area contributed by atoms with Gasteiger partial charge in [-0.2, -0.15) is 11.8 Å². The lowest BCUT2D eigenvalue weighted by atomic mass is 10.1. The number of thioether (sulfide) groups is 1. The Morgan fingerprint density at radius 1 is 1.44 bits per heavy atom. The van der Waals surface area contributed by atoms with E-state index in [-0.39, 0.29) is 0 Å². The predicted molar refractivity (Wildman–Crippen MR) is 70.1 cm³/mol. The van der Waals surface area contributed by atoms with Gasteiger partial charge >= 0.3 is 0 Å². The van der Waals surface area contributed by atoms with Crippen molar-refractivity contribution in [2.75, 3.05) is 18.1 Å². The second-order valence-corrected chi connectivity index (χ2v) is 6.00. The Hall–Kier alpha value is -0.770. The van der Waals surface area contributed by atoms with E-state index in [1.54, 1.807) is 6.33 Å². The average molecular weight is 237 g/mol. The van der Waals surface area contributed by atoms with Crippen molar-refractivity contribution in [3.8, 4) is 0 Å². The first kappa shape index (κ1) is 11.7. The van der Waals surface area contributed by atoms with Crippen LogP contribution in [0, 0.1) is 0 Å². The van der Waals surface area contributed by atoms with Crippen LogP contribution in [0.5, 0.6) is 0 Å². The summed E-state index contributed by atoms with van der Waals surface area (Å²) in [5.41, 5.74) is 1.10. The van der Waals surface area contributed by atoms with Crippen LogP contribution < -0.4 is 5.32 Å². The summed E-state index contributed by atoms with van der Waals surface area (Å²) in [5.74, 6) is 1.41. The van der Waals surface area contributed by atoms with E-state index in [4.69, 9.17) is 0 Å². The molecule has 1 N–H and O–H groups in total. The fourth-order valence-corrected chi connectivity index (χ4v) is 2.36. The van der Waals surface area contributed by atoms with E-state index in [0.29, 0.717) is 10.7 Å². The Labute approximate surface area is 101 Å². The fraction of sp³-hybridized carbons (Fsp3) is 0.667. The number of hydrogen-bond acceptors (Lipinski definition) is 4. The minimum absolute atomic E-state index is 0.457. The second kappa shape index (κ2) is 4.62. The Bertz CT molecular complexity index is 361. The molecule has 3 nitrogen and oxygen atoms in total. The molecule has 88 valence electrons. The van der Waals surface area contributed by atoms with Crippen molar-refractivity contribution >= 4 is 17.6 Å². The van der Waals surface area contributed by atoms with Crippen molar-refractivity contribution in [1.82, 2.24) is 9.97 Å². The van der Waals surface area contributed by atoms with Gasteiger partial charge in [-0.15, -0.1) is 0 Å². The first-order chi connectivity index (χ1) is 7.65. The maximum absolute atomic E-state index is 4.26. The predicted octanol–water partition coefficient (Wildman–Crippen LogP) is 2.91. The van der Waals surface area contributed by atoms with E-state index in [9.17, 15) is 0 Å². The highest BCUT2D eigenvalue weighted by Gasteiger charge is 2.41. The number of nitrogens with one attached hydrogen (secondary N) is 1. The summed E-state index contributed by atoms with van der Waals surface area (Å²) in [6.45, 7) is 5.31. The third-order valence-electron chi connectivity index (χ3n) is 3.11. The molecule has 1 saturated carbocycles. The van der Waals surface area contributed by atoms with Crippen LogP contribution in [0.1, 0.15) is 38.3 Å². The molecule has 1 fully saturated rings. The fourth-order valence-electron chi connectivity index (χ4n) is 1.63. The van der Waals surface area contributed by atoms with Gasteiger partial charge in [-0.3, -0.25) is 0 Å². The SMILES string of the molecule is CSC1(CNc2cc(C(C)C)ncn2)CC1. The van der Waals surface area contributed by atoms with E-state index in [0.717, 1.165) is 18.1 Å². The molecule has 4 heteroatoms. The van der Waals surface area contributed by atoms with Crippen LogP contribution >= 0.6 is 11.8 Å². The van der Waals surface area contributed by atoms with Crippen LogP contribution in [-0.4, -0.2) is 27.5 Å². The van der Waals surface area contributed by atoms with Gasteiger partial charge in [-0.25, -0.2) is 9.97 Å². The lowest BCUT2D eigenvalue weighted by molar-refractivity contribution is 0.812. The van der Waals surface area contributed by atoms with E-state index >= 15 is 0 Å². The molecule has 2 rings (SSSR count). The van der Waals surface area contributed by atoms with Crippen LogP contribution in [0.4, 0.5) is 5.82 Å². The average Bonchev–Trinajstić information content (AvgIpc) is 3.07. The van der Waals surface area contributed by atoms with Crippen LogP contribution in [0.3, 0.4) is 0 Å². The molecule has 0 amide bonds. The van der Waals surface area contributed by atoms with Crippen molar-refractivity contribution in [1.29, 1.82) is 0 Å². The molecular formula is C12H19N3S. The highest BCUT2D eigenvalue weighted by molar-refractivity contribution is 8.00. The van der Waals surface area contributed by atoms with E-state index in [1.807, 2.05) is 11.8 Å². The molecule has 0 bridgehead atoms. The molecule has 0 saturated heterocycles. The zero-order chi connectivity index (χ0) is 11.6. The molecule has 0 unspecified atom stereocenters. The van der Waals surface area contributed by atoms with E-state index < -0.39 is 0 Å². The summed E-state index contributed by atoms with van der Waals surface area (Å²) in [6, 6.07) is 2.06. The van der Waals surface area contributed by atoms with E-state index in [1.165, 1.54) is 12.8 Å². The molecule has 0 atom stereocenters. The molecule has 0 aromatic carbocycles. The highest BCUT2D eigenvalue weighted by atomic mass is 32.2. The summed E-state index contributed by atoms with van der Waals surface area (Å²) >= 11 is 1.96. The van der Waals surface area contributed by atoms with Gasteiger partial charge in [-0.05, 0) is 25.0 Å². The van der Waals surface area contributed by atoms with Gasteiger partial charge in [0.1, 0.15) is 12.1 Å². The third kappa shape index (κ3) is 2.67. The zero-order valence-corrected chi connectivity index (χ0v) is 11.0. The standard InChI is InChI=1S/C12H19N3S/c1-9(2)10-6-11(15-8-14-10)13-7-12(16-3)4-5-12/h6,8-9H,4-5,7H2,1-3H3,(H,13,14,15). The number of aromatic nitrogens is 2. The smallest absolute Gasteiger partial charge is 0.129 e. The van der Waals surface area contributed by atoms with Gasteiger partial charge < -0.3 is 5.32 Å². The van der Waals surface area contributed by atoms with Crippen LogP contribution in [0.15, 0.2) is 12.4 Å². The molecule has 1 aromatic heterocycles. The summed E-state index contributed by atoms with van der Waals surface area (Å²) < 4.78 is 0.475. The van der Waals surface area contributed by atoms with E-state index in [2.05, 4.69) is 41.5 Å². The largest absolute Gasteiger partial charge is 0.369 e. The number of hydrogen-bond donors (Lipinski definition) is 1. The number of nitrogens with zero attached hydrogens (tertiary/aromatic N) is 2. The number of rotatable bonds is 5. The van der Waals surface area contributed by atoms with Gasteiger partial charge in [0.05, 0.1) is 0 Å². The molecular weight excluding hydrogens is 218 g/mol. The van der Waals surface area contributed by atoms with Crippen molar-refractivity contribution in [3.05, 3.63) is 18.1 Å². The van der Waals surface area contributed by atoms with Crippen LogP contribution in [0.2, 0.25) is 0 Å². The molecule has 16 heavy (non-hydrogen) atoms. The Balaban J connectivity index is 1.96. The molecule has 1 aromatic rings. The summed E-state index contributed by atoms with van der Waals surface area (Å²) in [4.78, 5) is 8.52. The molecule has 0 aliphatic heterocycles. The van der Waals surface area contributed by atoms with Crippen molar-refractivity contribution in [2.24, 2.45) is 0 Å². The van der Waals surface area contributed by atoms with Gasteiger partial charge in [-0.1, -0.05) is 13.8 Å². The first-order valence-electron chi connectivity index (χ1n) is 5.76. The lowest BCUT2D eigenvalue weighted by Crippen LogP contribution is -2.18. The normalized spacial score (nSPS) is 17.5. The molecule has 1 aliphatic rings. The van der Waals surface area contributed by atoms with Crippen LogP contribution in [0.25, 0.3) is 0 Å². The molecule has 0 radical (unpaired) electrons. The van der Waals surface area contributed by atoms with Gasteiger partial charge in [0, 0.05) is 23.1 Å². The van der Waals surface area contributed by atoms with Gasteiger partial charge in [0.25, 0.3) is 0 Å². The Kier molecular flexibility index (Phi) is 3.38. The molecule has 0 spiro atoms. The van der Waals surface area contributed by atoms with Gasteiger partial charge in [0.2, 0.25) is 0 Å². The van der Waals surface area contributed by atoms with Crippen molar-refractivity contribution < 1.29 is 0 Å². The first-order valence-corrected chi connectivity index (χ1v) is 6.99.